The summed E-state index contributed by atoms with van der Waals surface area (Å²) in [4.78, 5) is 130. The lowest BCUT2D eigenvalue weighted by molar-refractivity contribution is -0.0215. The van der Waals surface area contributed by atoms with Crippen LogP contribution in [0.3, 0.4) is 0 Å². The summed E-state index contributed by atoms with van der Waals surface area (Å²) in [5, 5.41) is 35.8. The highest BCUT2D eigenvalue weighted by Crippen LogP contribution is 2.61. The second-order valence-electron chi connectivity index (χ2n) is 45.0. The van der Waals surface area contributed by atoms with Gasteiger partial charge < -0.3 is 93.5 Å². The monoisotopic (exact) mass is 1970 g/mol. The van der Waals surface area contributed by atoms with Gasteiger partial charge in [-0.25, -0.2) is 46.8 Å². The number of fused-ring (bicyclic) bond motifs is 10. The number of hydrogen-bond donors (Lipinski definition) is 7. The first-order chi connectivity index (χ1) is 61.9. The molecule has 36 nitrogen and oxygen atoms in total. The standard InChI is InChI=1S/C22H41NO5Si.C21H18F3N3O4.C12H25NOSi.C11H18N4O2.C11H19NO3.C10H10O7.C6H10N4.CH4.ClH/c1-20(2,3)26-18(24)23(19(25)27-21(4,5)6)16-13-14-12-15(14)17(16)28-29(10,11)22(7,8)9;1-26-16-10-2-8(10)3-15(16)27-7-12(18(28)19(29)17(27)21(26)31)20(30)25-6-11-13(23)4-9(22)5-14(11)24;1-12(2,3)15(4,5)14-11-9-6-8(9)7-10(11)13;1-11(2,3)17-10(16)13-8-5-6-4-7(6)9(8)14-15-12;1-11(2,3)15-10(14)12-8-5-6-4-7(6)9(8)13;1-14-7-6(11)5(9(12)15-2)4-17-8(7)10(13)16-3;7-5-2-3-1-4(3)6(5)9-10-8;;/h14-17H,12-13H2,1-11H3;4-5,7-8,10,15-16,29H,2-3,6H2,1H3,(H,25,30);8-11H,6-7,13H2,1-5H3;6-9H,4-5H2,1-3H3,(H,13,16);6-9,13H,4-5H2,1-3H3,(H,12,14);4H,1-3H3;3-6H,1-2,7H2;1H4;1H/t14-,15-,16-,17-;8-,10-,15-,16+;8-,9-,10-,11-;6-,7-,8-,9+;6-,7-,8-,9-;;3-,4-,5-,6+;;/m00000.0../s1. The minimum Gasteiger partial charge on any atom is -0.503 e. The summed E-state index contributed by atoms with van der Waals surface area (Å²) in [7, 11) is 1.37. The molecule has 760 valence electrons. The molecule has 1 aliphatic heterocycles. The maximum Gasteiger partial charge on any atom is 0.420 e. The van der Waals surface area contributed by atoms with E-state index >= 15 is 0 Å². The Kier molecular flexibility index (Phi) is 35.3. The zero-order chi connectivity index (χ0) is 100. The quantitative estimate of drug-likeness (QED) is 0.0185. The predicted octanol–water partition coefficient (Wildman–Crippen LogP) is 16.8. The molecule has 12 fully saturated rings. The summed E-state index contributed by atoms with van der Waals surface area (Å²) >= 11 is 0. The van der Waals surface area contributed by atoms with Crippen molar-refractivity contribution in [1.82, 2.24) is 30.3 Å². The molecular weight excluding hydrogens is 1830 g/mol. The van der Waals surface area contributed by atoms with Crippen LogP contribution in [0.4, 0.5) is 32.3 Å². The number of nitrogens with one attached hydrogen (secondary N) is 3. The fourth-order valence-corrected chi connectivity index (χ4v) is 21.8. The lowest BCUT2D eigenvalue weighted by atomic mass is 9.99. The van der Waals surface area contributed by atoms with Gasteiger partial charge in [-0.3, -0.25) is 19.2 Å². The number of likely N-dealkylation sites (N-methyl/N-ethyl adjacent to an activating group) is 1. The van der Waals surface area contributed by atoms with E-state index in [2.05, 4.69) is 113 Å². The molecule has 13 aliphatic rings. The number of ether oxygens (including phenoxy) is 7. The lowest BCUT2D eigenvalue weighted by Crippen LogP contribution is -2.55. The number of aliphatic hydroxyl groups is 1. The van der Waals surface area contributed by atoms with Crippen LogP contribution in [0.25, 0.3) is 20.9 Å². The van der Waals surface area contributed by atoms with Crippen LogP contribution in [0.15, 0.2) is 48.8 Å². The summed E-state index contributed by atoms with van der Waals surface area (Å²) in [6, 6.07) is 0.646. The molecular formula is C94H146ClF3N14O22Si2. The number of nitrogens with zero attached hydrogens (tertiary/aromatic N) is 9. The van der Waals surface area contributed by atoms with Crippen molar-refractivity contribution in [3.63, 3.8) is 0 Å². The van der Waals surface area contributed by atoms with Crippen LogP contribution in [0.5, 0.6) is 11.5 Å². The Balaban J connectivity index is 0.000000200. The summed E-state index contributed by atoms with van der Waals surface area (Å²) in [6.07, 6.45) is 12.3. The van der Waals surface area contributed by atoms with Crippen LogP contribution in [0.1, 0.15) is 262 Å². The van der Waals surface area contributed by atoms with Crippen LogP contribution < -0.4 is 43.0 Å². The highest BCUT2D eigenvalue weighted by atomic mass is 35.5. The Morgan fingerprint density at radius 2 is 1.01 bits per heavy atom. The van der Waals surface area contributed by atoms with Gasteiger partial charge in [-0.1, -0.05) is 59.2 Å². The van der Waals surface area contributed by atoms with Crippen molar-refractivity contribution in [2.45, 2.75) is 347 Å². The number of amides is 6. The molecule has 12 saturated carbocycles. The summed E-state index contributed by atoms with van der Waals surface area (Å²) in [6.45, 7) is 43.7. The van der Waals surface area contributed by atoms with E-state index < -0.39 is 150 Å². The maximum atomic E-state index is 13.8. The third-order valence-electron chi connectivity index (χ3n) is 28.3. The van der Waals surface area contributed by atoms with Gasteiger partial charge in [-0.2, -0.15) is 0 Å². The first kappa shape index (κ1) is 112. The second-order valence-corrected chi connectivity index (χ2v) is 54.5. The first-order valence-electron chi connectivity index (χ1n) is 46.3. The molecule has 3 heterocycles. The van der Waals surface area contributed by atoms with E-state index in [4.69, 9.17) is 59.5 Å². The van der Waals surface area contributed by atoms with E-state index in [0.29, 0.717) is 82.6 Å². The summed E-state index contributed by atoms with van der Waals surface area (Å²) in [5.74, 6) is -1.36. The van der Waals surface area contributed by atoms with E-state index in [1.54, 1.807) is 53.5 Å². The van der Waals surface area contributed by atoms with Crippen molar-refractivity contribution >= 4 is 77.2 Å². The van der Waals surface area contributed by atoms with Crippen molar-refractivity contribution in [2.24, 2.45) is 92.7 Å². The largest absolute Gasteiger partial charge is 0.503 e. The highest BCUT2D eigenvalue weighted by molar-refractivity contribution is 6.74. The van der Waals surface area contributed by atoms with Crippen molar-refractivity contribution in [3.8, 4) is 11.5 Å². The van der Waals surface area contributed by atoms with E-state index in [1.165, 1.54) is 42.0 Å². The van der Waals surface area contributed by atoms with Crippen LogP contribution in [0, 0.1) is 88.5 Å². The van der Waals surface area contributed by atoms with Crippen LogP contribution in [-0.4, -0.2) is 207 Å². The normalized spacial score (nSPS) is 29.5. The van der Waals surface area contributed by atoms with Crippen molar-refractivity contribution in [3.05, 3.63) is 112 Å². The number of aromatic hydroxyl groups is 1. The van der Waals surface area contributed by atoms with E-state index in [9.17, 15) is 71.3 Å². The molecule has 12 aliphatic carbocycles. The van der Waals surface area contributed by atoms with E-state index in [-0.39, 0.29) is 96.7 Å². The minimum absolute atomic E-state index is 0. The van der Waals surface area contributed by atoms with Crippen LogP contribution >= 0.6 is 12.4 Å². The molecule has 136 heavy (non-hydrogen) atoms. The number of aromatic nitrogens is 1. The molecule has 0 unspecified atom stereocenters. The number of rotatable bonds is 15. The van der Waals surface area contributed by atoms with Gasteiger partial charge in [0.2, 0.25) is 16.6 Å². The van der Waals surface area contributed by atoms with Gasteiger partial charge in [0, 0.05) is 65.4 Å². The average molecular weight is 1970 g/mol. The Bertz CT molecular complexity index is 5060. The van der Waals surface area contributed by atoms with Gasteiger partial charge in [0.05, 0.1) is 75.9 Å². The van der Waals surface area contributed by atoms with Gasteiger partial charge in [0.15, 0.2) is 28.1 Å². The number of halogens is 4. The lowest BCUT2D eigenvalue weighted by Gasteiger charge is -2.42. The van der Waals surface area contributed by atoms with Crippen LogP contribution in [0.2, 0.25) is 36.3 Å². The molecule has 0 spiro atoms. The fraction of sp³-hybridized carbons (Fsp3) is 0.745. The Morgan fingerprint density at radius 1 is 0.574 bits per heavy atom. The van der Waals surface area contributed by atoms with Crippen LogP contribution in [-0.2, 0) is 43.8 Å². The van der Waals surface area contributed by atoms with Gasteiger partial charge in [-0.15, -0.1) is 12.4 Å². The van der Waals surface area contributed by atoms with Crippen molar-refractivity contribution < 1.29 is 108 Å². The molecule has 16 rings (SSSR count). The van der Waals surface area contributed by atoms with Crippen molar-refractivity contribution in [2.75, 3.05) is 28.4 Å². The van der Waals surface area contributed by atoms with Crippen molar-refractivity contribution in [1.29, 1.82) is 0 Å². The number of azide groups is 2. The number of alkyl carbamates (subject to hydrolysis) is 2. The third-order valence-corrected chi connectivity index (χ3v) is 37.2. The minimum atomic E-state index is -2.07. The molecule has 9 N–H and O–H groups in total. The topological polar surface area (TPSA) is 504 Å². The molecule has 2 aromatic heterocycles. The zero-order valence-electron chi connectivity index (χ0n) is 82.6. The van der Waals surface area contributed by atoms with Gasteiger partial charge >= 0.3 is 36.3 Å². The highest BCUT2D eigenvalue weighted by Gasteiger charge is 2.63. The Morgan fingerprint density at radius 3 is 1.47 bits per heavy atom. The number of benzene rings is 1. The molecule has 42 heteroatoms. The number of methoxy groups -OCH3 is 3. The fourth-order valence-electron chi connectivity index (χ4n) is 19.1. The number of imide groups is 1. The Labute approximate surface area is 802 Å². The first-order valence-corrected chi connectivity index (χ1v) is 52.1. The molecule has 0 bridgehead atoms. The number of pyridine rings is 1. The average Bonchev–Trinajstić information content (AvgIpc) is 1.53. The zero-order valence-corrected chi connectivity index (χ0v) is 85.5. The molecule has 0 radical (unpaired) electrons. The second kappa shape index (κ2) is 42.9. The van der Waals surface area contributed by atoms with Gasteiger partial charge in [0.25, 0.3) is 17.6 Å². The smallest absolute Gasteiger partial charge is 0.420 e. The predicted molar refractivity (Wildman–Crippen MR) is 507 cm³/mol. The number of aliphatic hydroxyl groups excluding tert-OH is 1. The molecule has 0 saturated heterocycles. The number of carbonyl (C=O) groups excluding carboxylic acids is 8. The Hall–Kier alpha value is -9.19. The molecule has 6 amide bonds. The molecule has 1 aromatic carbocycles. The molecule has 24 atom stereocenters. The van der Waals surface area contributed by atoms with Gasteiger partial charge in [0.1, 0.15) is 57.2 Å². The van der Waals surface area contributed by atoms with E-state index in [0.717, 1.165) is 96.0 Å². The maximum absolute atomic E-state index is 13.8. The van der Waals surface area contributed by atoms with E-state index in [1.807, 2.05) is 41.5 Å². The third kappa shape index (κ3) is 27.3. The summed E-state index contributed by atoms with van der Waals surface area (Å²) < 4.78 is 95.2. The number of esters is 2. The summed E-state index contributed by atoms with van der Waals surface area (Å²) in [5.41, 5.74) is 22.8. The number of nitrogens with two attached hydrogens (primary N) is 2. The number of carbonyl (C=O) groups is 8. The molecule has 3 aromatic rings. The SMILES string of the molecule is C.CC(C)(C)OC(=O)N(C(=O)OC(C)(C)C)[C@H]1C[C@@H]2C[C@@H]2[C@@H]1O[Si](C)(C)C(C)(C)C.CC(C)(C)OC(=O)N[C@H]1C[C@@H]2C[C@@H]2[C@@H]1O.CC(C)(C)OC(=O)N[C@H]1C[C@@H]2C[C@@H]2[C@H]1N=[N+]=[N-].CC(C)(C)[Si](C)(C)O[C@H]1[C@H]2C[C@H]2C[C@@H]1N.CN1C(=O)c2c(O)c(=O)c(C(=O)NCc3c(F)cc(F)cc3F)cn2[C@H]2C[C@@H]3C[C@@H]3[C@H]21.COC(=O)c1occ(C(=O)OC)c(=O)c1OC.Cl.[N-]=[N+]=N[C@@H]1[C@H]2C[C@H]2C[C@@H]1N. The van der Waals surface area contributed by atoms with Gasteiger partial charge in [-0.05, 0) is 278 Å². The number of hydrogen-bond acceptors (Lipinski definition) is 26.